The molecule has 84 heavy (non-hydrogen) atoms. The monoisotopic (exact) mass is 1270 g/mol. The number of aromatic nitrogens is 6. The molecule has 31 heteroatoms. The van der Waals surface area contributed by atoms with E-state index in [-0.39, 0.29) is 72.5 Å². The van der Waals surface area contributed by atoms with Crippen molar-refractivity contribution < 1.29 is 73.4 Å². The Hall–Kier alpha value is -7.98. The Morgan fingerprint density at radius 3 is 1.98 bits per heavy atom. The molecule has 0 fully saturated rings. The number of pyridine rings is 1. The van der Waals surface area contributed by atoms with Crippen molar-refractivity contribution >= 4 is 91.3 Å². The number of anilines is 1. The SMILES string of the molecule is CCOC(=O)C(Cl)Cc1cc(-n2nc(C)n(C(F)F)c2=O)c(F)cc1Cl.CCOC(=O)C1=NOC(c2ccccc2)(c2ccccc2)C1.Cc1[nH]n(C)c(=O)c1C(=O)c1ccc(C(F)(F)F)cc1S(C)(=O)=O.Nc1cc(Cl)nc(C(=O)O)c1Cl. The average Bonchev–Trinajstić information content (AvgIpc) is 2.11. The van der Waals surface area contributed by atoms with Gasteiger partial charge >= 0.3 is 36.3 Å². The van der Waals surface area contributed by atoms with Crippen LogP contribution in [0.25, 0.3) is 5.69 Å². The summed E-state index contributed by atoms with van der Waals surface area (Å²) in [5, 5.41) is 17.6. The summed E-state index contributed by atoms with van der Waals surface area (Å²) in [5.41, 5.74) is 2.71. The van der Waals surface area contributed by atoms with Crippen LogP contribution in [0.15, 0.2) is 117 Å². The summed E-state index contributed by atoms with van der Waals surface area (Å²) in [4.78, 5) is 79.2. The predicted octanol–water partition coefficient (Wildman–Crippen LogP) is 9.86. The fraction of sp³-hybridized carbons (Fsp3) is 0.264. The molecular formula is C53H48Cl4F6N8O12S. The number of hydrogen-bond acceptors (Lipinski definition) is 15. The van der Waals surface area contributed by atoms with Gasteiger partial charge in [0.25, 0.3) is 5.56 Å². The second kappa shape index (κ2) is 28.1. The van der Waals surface area contributed by atoms with Crippen molar-refractivity contribution in [2.24, 2.45) is 12.2 Å². The molecular weight excluding hydrogens is 1230 g/mol. The van der Waals surface area contributed by atoms with Gasteiger partial charge in [0, 0.05) is 47.1 Å². The number of sulfone groups is 1. The molecule has 0 saturated carbocycles. The normalized spacial score (nSPS) is 12.9. The van der Waals surface area contributed by atoms with Crippen LogP contribution < -0.4 is 17.0 Å². The number of carboxylic acid groups (broad SMARTS) is 1. The fourth-order valence-electron chi connectivity index (χ4n) is 7.85. The van der Waals surface area contributed by atoms with Crippen molar-refractivity contribution in [3.8, 4) is 5.69 Å². The summed E-state index contributed by atoms with van der Waals surface area (Å²) in [6, 6.07) is 24.7. The average molecular weight is 1280 g/mol. The van der Waals surface area contributed by atoms with E-state index in [1.807, 2.05) is 60.7 Å². The van der Waals surface area contributed by atoms with Crippen molar-refractivity contribution in [3.05, 3.63) is 190 Å². The molecule has 0 aliphatic carbocycles. The molecule has 1 aliphatic rings. The van der Waals surface area contributed by atoms with Crippen LogP contribution in [0.1, 0.15) is 87.0 Å². The lowest BCUT2D eigenvalue weighted by molar-refractivity contribution is -0.142. The Labute approximate surface area is 493 Å². The maximum absolute atomic E-state index is 14.2. The largest absolute Gasteiger partial charge is 0.476 e. The highest BCUT2D eigenvalue weighted by Crippen LogP contribution is 2.41. The first-order valence-corrected chi connectivity index (χ1v) is 27.6. The predicted molar refractivity (Wildman–Crippen MR) is 297 cm³/mol. The first-order valence-electron chi connectivity index (χ1n) is 24.1. The van der Waals surface area contributed by atoms with Gasteiger partial charge in [-0.25, -0.2) is 36.7 Å². The summed E-state index contributed by atoms with van der Waals surface area (Å²) in [7, 11) is -2.77. The van der Waals surface area contributed by atoms with E-state index < -0.39 is 90.3 Å². The van der Waals surface area contributed by atoms with Crippen molar-refractivity contribution in [1.29, 1.82) is 0 Å². The molecule has 0 spiro atoms. The number of nitrogens with one attached hydrogen (secondary N) is 1. The van der Waals surface area contributed by atoms with E-state index in [1.165, 1.54) is 27.0 Å². The molecule has 4 N–H and O–H groups in total. The number of aromatic carboxylic acids is 1. The van der Waals surface area contributed by atoms with Crippen LogP contribution in [-0.4, -0.2) is 96.9 Å². The minimum Gasteiger partial charge on any atom is -0.476 e. The lowest BCUT2D eigenvalue weighted by atomic mass is 9.82. The number of aryl methyl sites for hydroxylation is 3. The number of nitrogen functional groups attached to an aromatic ring is 1. The summed E-state index contributed by atoms with van der Waals surface area (Å²) < 4.78 is 114. The second-order valence-electron chi connectivity index (χ2n) is 17.6. The van der Waals surface area contributed by atoms with Crippen molar-refractivity contribution in [2.45, 2.75) is 69.1 Å². The number of hydrogen-bond donors (Lipinski definition) is 3. The molecule has 0 bridgehead atoms. The first-order chi connectivity index (χ1) is 39.3. The number of rotatable bonds is 14. The van der Waals surface area contributed by atoms with Crippen molar-refractivity contribution in [2.75, 3.05) is 25.2 Å². The van der Waals surface area contributed by atoms with Crippen LogP contribution in [-0.2, 0) is 59.0 Å². The first kappa shape index (κ1) is 66.8. The number of carbonyl (C=O) groups is 4. The zero-order valence-electron chi connectivity index (χ0n) is 44.6. The number of aromatic amines is 1. The lowest BCUT2D eigenvalue weighted by Gasteiger charge is -2.27. The maximum atomic E-state index is 14.2. The van der Waals surface area contributed by atoms with E-state index in [9.17, 15) is 63.5 Å². The van der Waals surface area contributed by atoms with E-state index in [4.69, 9.17) is 71.6 Å². The number of oxime groups is 1. The number of esters is 2. The molecule has 4 heterocycles. The smallest absolute Gasteiger partial charge is 0.416 e. The van der Waals surface area contributed by atoms with E-state index in [1.54, 1.807) is 13.8 Å². The van der Waals surface area contributed by atoms with Gasteiger partial charge in [-0.2, -0.15) is 26.6 Å². The zero-order valence-corrected chi connectivity index (χ0v) is 48.4. The number of halogens is 10. The molecule has 0 amide bonds. The number of ketones is 1. The molecule has 448 valence electrons. The molecule has 1 atom stereocenters. The lowest BCUT2D eigenvalue weighted by Crippen LogP contribution is -2.29. The standard InChI is InChI=1S/C18H17NO3.C15H14Cl2F3N3O3.C14H13F3N2O4S.C6H4Cl2N2O2/c1-2-21-17(20)16-13-18(22-19-16,14-9-5-3-6-10-14)15-11-7-4-8-12-15;1-3-26-13(24)10(17)4-8-5-12(11(18)6-9(8)16)23-15(25)22(14(19)20)7(2)21-23;1-7-11(13(21)19(2)18-7)12(20)9-5-4-8(14(15,16)17)6-10(9)24(3,22)23;7-3-1-2(9)4(8)5(10-3)6(11)12/h3-12H,2,13H2,1H3;5-6,10,14H,3-4H2,1-2H3;4-6,18H,1-3H3;1H,(H2,9,10)(H,11,12). The quantitative estimate of drug-likeness (QED) is 0.0300. The Bertz CT molecular complexity index is 3820. The number of nitrogens with two attached hydrogens (primary N) is 1. The molecule has 8 rings (SSSR count). The topological polar surface area (TPSA) is 279 Å². The van der Waals surface area contributed by atoms with Crippen molar-refractivity contribution in [3.63, 3.8) is 0 Å². The summed E-state index contributed by atoms with van der Waals surface area (Å²) in [5.74, 6) is -4.55. The van der Waals surface area contributed by atoms with E-state index in [2.05, 4.69) is 20.3 Å². The number of benzene rings is 4. The van der Waals surface area contributed by atoms with Gasteiger partial charge in [-0.15, -0.1) is 16.7 Å². The highest BCUT2D eigenvalue weighted by atomic mass is 35.5. The summed E-state index contributed by atoms with van der Waals surface area (Å²) in [6.45, 7) is 3.33. The van der Waals surface area contributed by atoms with Crippen molar-refractivity contribution in [1.82, 2.24) is 29.1 Å². The number of carbonyl (C=O) groups excluding carboxylic acids is 3. The van der Waals surface area contributed by atoms with E-state index >= 15 is 0 Å². The molecule has 20 nitrogen and oxygen atoms in total. The van der Waals surface area contributed by atoms with Crippen LogP contribution in [0.2, 0.25) is 15.2 Å². The van der Waals surface area contributed by atoms with Crippen LogP contribution in [0.3, 0.4) is 0 Å². The van der Waals surface area contributed by atoms with Gasteiger partial charge in [0.15, 0.2) is 32.7 Å². The molecule has 4 aromatic carbocycles. The highest BCUT2D eigenvalue weighted by molar-refractivity contribution is 7.90. The summed E-state index contributed by atoms with van der Waals surface area (Å²) >= 11 is 22.9. The molecule has 3 aromatic heterocycles. The van der Waals surface area contributed by atoms with Crippen LogP contribution in [0, 0.1) is 19.7 Å². The fourth-order valence-corrected chi connectivity index (χ4v) is 9.59. The van der Waals surface area contributed by atoms with Gasteiger partial charge in [0.05, 0.1) is 40.8 Å². The maximum Gasteiger partial charge on any atom is 0.416 e. The third-order valence-electron chi connectivity index (χ3n) is 11.7. The zero-order chi connectivity index (χ0) is 62.8. The number of nitrogens with zero attached hydrogens (tertiary/aromatic N) is 6. The van der Waals surface area contributed by atoms with E-state index in [0.717, 1.165) is 34.0 Å². The highest BCUT2D eigenvalue weighted by Gasteiger charge is 2.45. The van der Waals surface area contributed by atoms with Crippen LogP contribution in [0.5, 0.6) is 0 Å². The third-order valence-corrected chi connectivity index (χ3v) is 14.2. The van der Waals surface area contributed by atoms with Gasteiger partial charge in [0.1, 0.15) is 27.6 Å². The van der Waals surface area contributed by atoms with Crippen LogP contribution in [0.4, 0.5) is 32.0 Å². The van der Waals surface area contributed by atoms with Gasteiger partial charge in [-0.05, 0) is 69.7 Å². The molecule has 0 saturated heterocycles. The minimum absolute atomic E-state index is 0.00861. The Kier molecular flexibility index (Phi) is 22.3. The number of alkyl halides is 6. The number of H-pyrrole nitrogens is 1. The second-order valence-corrected chi connectivity index (χ2v) is 21.3. The Morgan fingerprint density at radius 1 is 0.905 bits per heavy atom. The van der Waals surface area contributed by atoms with Gasteiger partial charge in [-0.1, -0.05) is 101 Å². The van der Waals surface area contributed by atoms with Gasteiger partial charge in [0.2, 0.25) is 5.78 Å². The number of carboxylic acids is 1. The number of ether oxygens (including phenoxy) is 2. The Morgan fingerprint density at radius 2 is 1.49 bits per heavy atom. The van der Waals surface area contributed by atoms with E-state index in [0.29, 0.717) is 41.8 Å². The van der Waals surface area contributed by atoms with Crippen LogP contribution >= 0.6 is 46.4 Å². The van der Waals surface area contributed by atoms with Gasteiger partial charge in [-0.3, -0.25) is 24.2 Å². The molecule has 7 aromatic rings. The minimum atomic E-state index is -4.76. The molecule has 1 aliphatic heterocycles. The summed E-state index contributed by atoms with van der Waals surface area (Å²) in [6.07, 6.45) is -3.82. The molecule has 1 unspecified atom stereocenters. The van der Waals surface area contributed by atoms with Gasteiger partial charge < -0.3 is 25.2 Å². The molecule has 0 radical (unpaired) electrons. The third kappa shape index (κ3) is 15.8. The Balaban J connectivity index is 0.000000211.